The highest BCUT2D eigenvalue weighted by molar-refractivity contribution is 7.66. The SMILES string of the molecule is Nc1ncnc2c1ncn2[C@@H]1O[C@H](COP(=O)(O)OP(=O)(O)OP(=O)(O)O)[C@H]2O[C@@]3(O[C@H]21)C([N+](=O)[O-])=CC([N+](=O)[O-])=CC3[N+](=O)[O-]. The van der Waals surface area contributed by atoms with Crippen LogP contribution in [0.5, 0.6) is 0 Å². The Labute approximate surface area is 251 Å². The fourth-order valence-electron chi connectivity index (χ4n) is 4.76. The van der Waals surface area contributed by atoms with Gasteiger partial charge in [-0.3, -0.25) is 39.4 Å². The summed E-state index contributed by atoms with van der Waals surface area (Å²) in [6.45, 7) is -1.19. The fourth-order valence-corrected chi connectivity index (χ4v) is 7.79. The van der Waals surface area contributed by atoms with Gasteiger partial charge in [0.2, 0.25) is 0 Å². The number of rotatable bonds is 11. The molecule has 0 amide bonds. The number of phosphoric ester groups is 1. The van der Waals surface area contributed by atoms with Crippen LogP contribution in [0, 0.1) is 30.3 Å². The van der Waals surface area contributed by atoms with Crippen LogP contribution >= 0.6 is 23.5 Å². The number of nitrogens with two attached hydrogens (primary N) is 1. The van der Waals surface area contributed by atoms with Crippen molar-refractivity contribution in [1.29, 1.82) is 0 Å². The van der Waals surface area contributed by atoms with Crippen molar-refractivity contribution in [2.45, 2.75) is 36.4 Å². The summed E-state index contributed by atoms with van der Waals surface area (Å²) in [5.74, 6) is -3.08. The van der Waals surface area contributed by atoms with E-state index in [0.29, 0.717) is 12.2 Å². The molecule has 4 heterocycles. The quantitative estimate of drug-likeness (QED) is 0.107. The largest absolute Gasteiger partial charge is 0.490 e. The molecule has 0 aromatic carbocycles. The lowest BCUT2D eigenvalue weighted by Gasteiger charge is -2.30. The van der Waals surface area contributed by atoms with E-state index in [-0.39, 0.29) is 17.0 Å². The van der Waals surface area contributed by atoms with Gasteiger partial charge in [-0.05, 0) is 0 Å². The predicted octanol–water partition coefficient (Wildman–Crippen LogP) is -0.890. The molecule has 27 nitrogen and oxygen atoms in total. The molecule has 1 spiro atoms. The molecule has 3 unspecified atom stereocenters. The standard InChI is InChI=1S/C16H17N8O19P3/c17-13-10-14(19-4-18-13)21(5-20-10)15-12-11(7(39-15)3-38-45(34,35)43-46(36,37)42-44(31,32)33)40-16(41-12)8(23(27)28)1-6(22(25)26)2-9(16)24(29)30/h1-2,4-5,7-8,11-12,15H,3H2,(H,34,35)(H,36,37)(H2,17,18,19)(H2,31,32,33)/t7-,8?,11-,12-,15-,16+/m1/s1. The van der Waals surface area contributed by atoms with Crippen molar-refractivity contribution in [3.8, 4) is 0 Å². The van der Waals surface area contributed by atoms with Gasteiger partial charge in [0.25, 0.3) is 5.70 Å². The van der Waals surface area contributed by atoms with E-state index in [1.54, 1.807) is 0 Å². The molecular weight excluding hydrogens is 701 g/mol. The zero-order valence-electron chi connectivity index (χ0n) is 21.9. The fraction of sp³-hybridized carbons (Fsp3) is 0.438. The van der Waals surface area contributed by atoms with Crippen LogP contribution in [0.1, 0.15) is 6.23 Å². The summed E-state index contributed by atoms with van der Waals surface area (Å²) in [6.07, 6.45) is -3.73. The summed E-state index contributed by atoms with van der Waals surface area (Å²) in [6, 6.07) is -2.42. The van der Waals surface area contributed by atoms with E-state index in [0.717, 1.165) is 17.2 Å². The molecule has 2 fully saturated rings. The van der Waals surface area contributed by atoms with Crippen molar-refractivity contribution in [1.82, 2.24) is 19.5 Å². The predicted molar refractivity (Wildman–Crippen MR) is 137 cm³/mol. The molecule has 2 aliphatic heterocycles. The monoisotopic (exact) mass is 718 g/mol. The van der Waals surface area contributed by atoms with Gasteiger partial charge in [0.15, 0.2) is 17.7 Å². The number of nitro groups is 3. The van der Waals surface area contributed by atoms with E-state index >= 15 is 0 Å². The Morgan fingerprint density at radius 1 is 0.978 bits per heavy atom. The minimum absolute atomic E-state index is 0.0123. The highest BCUT2D eigenvalue weighted by Gasteiger charge is 2.72. The normalized spacial score (nSPS) is 30.3. The van der Waals surface area contributed by atoms with Crippen molar-refractivity contribution >= 4 is 40.4 Å². The second-order valence-corrected chi connectivity index (χ2v) is 13.7. The van der Waals surface area contributed by atoms with Crippen LogP contribution in [0.25, 0.3) is 11.2 Å². The van der Waals surface area contributed by atoms with E-state index in [4.69, 9.17) is 29.7 Å². The summed E-state index contributed by atoms with van der Waals surface area (Å²) in [7, 11) is -17.4. The molecule has 2 aromatic heterocycles. The van der Waals surface area contributed by atoms with E-state index < -0.39 is 92.6 Å². The summed E-state index contributed by atoms with van der Waals surface area (Å²) in [5, 5.41) is 35.6. The molecular formula is C16H17N8O19P3. The van der Waals surface area contributed by atoms with Crippen LogP contribution in [0.2, 0.25) is 0 Å². The average Bonchev–Trinajstić information content (AvgIpc) is 3.58. The lowest BCUT2D eigenvalue weighted by atomic mass is 9.96. The number of nitrogen functional groups attached to an aromatic ring is 1. The molecule has 2 saturated heterocycles. The summed E-state index contributed by atoms with van der Waals surface area (Å²) in [4.78, 5) is 80.6. The highest BCUT2D eigenvalue weighted by atomic mass is 31.3. The number of anilines is 1. The molecule has 1 aliphatic carbocycles. The number of nitrogens with zero attached hydrogens (tertiary/aromatic N) is 7. The number of ether oxygens (including phenoxy) is 3. The number of hydrogen-bond acceptors (Lipinski definition) is 19. The van der Waals surface area contributed by atoms with Crippen molar-refractivity contribution < 1.29 is 75.4 Å². The summed E-state index contributed by atoms with van der Waals surface area (Å²) in [5.41, 5.74) is 3.47. The number of phosphoric acid groups is 3. The van der Waals surface area contributed by atoms with Crippen molar-refractivity contribution in [2.75, 3.05) is 12.3 Å². The molecule has 6 N–H and O–H groups in total. The number of aromatic nitrogens is 4. The third kappa shape index (κ3) is 6.32. The lowest BCUT2D eigenvalue weighted by molar-refractivity contribution is -0.569. The first-order chi connectivity index (χ1) is 21.2. The van der Waals surface area contributed by atoms with Gasteiger partial charge in [0, 0.05) is 4.92 Å². The first-order valence-corrected chi connectivity index (χ1v) is 16.3. The molecule has 2 aromatic rings. The van der Waals surface area contributed by atoms with Crippen LogP contribution in [-0.2, 0) is 41.1 Å². The third-order valence-corrected chi connectivity index (χ3v) is 10.2. The number of hydrogen-bond donors (Lipinski definition) is 5. The molecule has 30 heteroatoms. The Kier molecular flexibility index (Phi) is 8.44. The Hall–Kier alpha value is -3.68. The Morgan fingerprint density at radius 3 is 2.26 bits per heavy atom. The van der Waals surface area contributed by atoms with Gasteiger partial charge in [-0.15, -0.1) is 0 Å². The van der Waals surface area contributed by atoms with Gasteiger partial charge >= 0.3 is 41.0 Å². The van der Waals surface area contributed by atoms with E-state index in [1.807, 2.05) is 0 Å². The molecule has 46 heavy (non-hydrogen) atoms. The summed E-state index contributed by atoms with van der Waals surface area (Å²) < 4.78 is 65.4. The minimum Gasteiger partial charge on any atom is -0.382 e. The first kappa shape index (κ1) is 33.7. The first-order valence-electron chi connectivity index (χ1n) is 11.8. The van der Waals surface area contributed by atoms with E-state index in [2.05, 4.69) is 28.1 Å². The number of fused-ring (bicyclic) bond motifs is 2. The number of allylic oxidation sites excluding steroid dienone is 1. The van der Waals surface area contributed by atoms with Crippen molar-refractivity contribution in [2.24, 2.45) is 0 Å². The van der Waals surface area contributed by atoms with Crippen LogP contribution in [0.4, 0.5) is 5.82 Å². The minimum atomic E-state index is -5.94. The zero-order valence-corrected chi connectivity index (χ0v) is 24.5. The van der Waals surface area contributed by atoms with Gasteiger partial charge in [-0.2, -0.15) is 8.62 Å². The van der Waals surface area contributed by atoms with Crippen molar-refractivity contribution in [3.63, 3.8) is 0 Å². The van der Waals surface area contributed by atoms with Gasteiger partial charge < -0.3 is 39.5 Å². The Morgan fingerprint density at radius 2 is 1.65 bits per heavy atom. The molecule has 0 saturated carbocycles. The molecule has 0 bridgehead atoms. The zero-order chi connectivity index (χ0) is 34.0. The van der Waals surface area contributed by atoms with Gasteiger partial charge in [-0.25, -0.2) is 28.6 Å². The lowest BCUT2D eigenvalue weighted by Crippen LogP contribution is -2.53. The van der Waals surface area contributed by atoms with Crippen LogP contribution < -0.4 is 5.73 Å². The molecule has 5 rings (SSSR count). The third-order valence-electron chi connectivity index (χ3n) is 6.38. The van der Waals surface area contributed by atoms with Gasteiger partial charge in [0.05, 0.1) is 34.9 Å². The van der Waals surface area contributed by atoms with Crippen LogP contribution in [0.3, 0.4) is 0 Å². The molecule has 3 aliphatic rings. The smallest absolute Gasteiger partial charge is 0.382 e. The second-order valence-electron chi connectivity index (χ2n) is 9.23. The Balaban J connectivity index is 1.53. The van der Waals surface area contributed by atoms with Gasteiger partial charge in [0.1, 0.15) is 30.2 Å². The maximum Gasteiger partial charge on any atom is 0.490 e. The second kappa shape index (κ2) is 11.5. The molecule has 0 radical (unpaired) electrons. The highest BCUT2D eigenvalue weighted by Crippen LogP contribution is 2.66. The van der Waals surface area contributed by atoms with Crippen molar-refractivity contribution in [3.05, 3.63) is 66.5 Å². The molecule has 250 valence electrons. The van der Waals surface area contributed by atoms with Crippen LogP contribution in [-0.4, -0.2) is 90.6 Å². The van der Waals surface area contributed by atoms with Gasteiger partial charge in [-0.1, -0.05) is 0 Å². The van der Waals surface area contributed by atoms with E-state index in [9.17, 15) is 53.8 Å². The Bertz CT molecular complexity index is 1840. The maximum absolute atomic E-state index is 12.4. The topological polar surface area (TPSA) is 387 Å². The van der Waals surface area contributed by atoms with E-state index in [1.165, 1.54) is 0 Å². The molecule has 8 atom stereocenters. The average molecular weight is 718 g/mol. The number of imidazole rings is 1. The van der Waals surface area contributed by atoms with Crippen LogP contribution in [0.15, 0.2) is 36.2 Å². The maximum atomic E-state index is 12.4. The summed E-state index contributed by atoms with van der Waals surface area (Å²) >= 11 is 0.